The Balaban J connectivity index is 1.88. The van der Waals surface area contributed by atoms with Crippen LogP contribution in [0.4, 0.5) is 10.5 Å². The second-order valence-corrected chi connectivity index (χ2v) is 6.33. The Hall–Kier alpha value is -1.75. The van der Waals surface area contributed by atoms with Crippen LogP contribution in [0, 0.1) is 0 Å². The SMILES string of the molecule is CN(C)Cc1ccc(CNC(=O)Nc2cc(Cl)ccc2Cl)cc1. The lowest BCUT2D eigenvalue weighted by atomic mass is 10.1. The van der Waals surface area contributed by atoms with Crippen molar-refractivity contribution in [2.75, 3.05) is 19.4 Å². The van der Waals surface area contributed by atoms with Gasteiger partial charge in [-0.05, 0) is 43.4 Å². The summed E-state index contributed by atoms with van der Waals surface area (Å²) in [6, 6.07) is 12.7. The maximum Gasteiger partial charge on any atom is 0.319 e. The van der Waals surface area contributed by atoms with Gasteiger partial charge in [0.1, 0.15) is 0 Å². The molecule has 0 saturated heterocycles. The number of amides is 2. The summed E-state index contributed by atoms with van der Waals surface area (Å²) in [5.74, 6) is 0. The number of carbonyl (C=O) groups is 1. The third-order valence-electron chi connectivity index (χ3n) is 3.15. The largest absolute Gasteiger partial charge is 0.334 e. The Morgan fingerprint density at radius 1 is 1.04 bits per heavy atom. The number of rotatable bonds is 5. The number of benzene rings is 2. The molecule has 0 aliphatic rings. The minimum Gasteiger partial charge on any atom is -0.334 e. The molecule has 0 unspecified atom stereocenters. The first-order chi connectivity index (χ1) is 10.9. The predicted octanol–water partition coefficient (Wildman–Crippen LogP) is 4.38. The van der Waals surface area contributed by atoms with E-state index in [1.807, 2.05) is 26.2 Å². The van der Waals surface area contributed by atoms with Gasteiger partial charge in [0.05, 0.1) is 10.7 Å². The van der Waals surface area contributed by atoms with E-state index < -0.39 is 0 Å². The zero-order valence-corrected chi connectivity index (χ0v) is 14.6. The van der Waals surface area contributed by atoms with Crippen molar-refractivity contribution in [2.45, 2.75) is 13.1 Å². The van der Waals surface area contributed by atoms with Gasteiger partial charge in [-0.25, -0.2) is 4.79 Å². The zero-order valence-electron chi connectivity index (χ0n) is 13.1. The molecule has 2 aromatic rings. The van der Waals surface area contributed by atoms with Gasteiger partial charge in [-0.2, -0.15) is 0 Å². The highest BCUT2D eigenvalue weighted by atomic mass is 35.5. The fraction of sp³-hybridized carbons (Fsp3) is 0.235. The van der Waals surface area contributed by atoms with Gasteiger partial charge >= 0.3 is 6.03 Å². The Labute approximate surface area is 146 Å². The van der Waals surface area contributed by atoms with Crippen molar-refractivity contribution in [3.05, 3.63) is 63.6 Å². The van der Waals surface area contributed by atoms with E-state index in [0.29, 0.717) is 22.3 Å². The van der Waals surface area contributed by atoms with Gasteiger partial charge in [0.25, 0.3) is 0 Å². The van der Waals surface area contributed by atoms with Crippen LogP contribution in [0.15, 0.2) is 42.5 Å². The molecule has 2 amide bonds. The molecule has 0 fully saturated rings. The molecule has 2 aromatic carbocycles. The standard InChI is InChI=1S/C17H19Cl2N3O/c1-22(2)11-13-5-3-12(4-6-13)10-20-17(23)21-16-9-14(18)7-8-15(16)19/h3-9H,10-11H2,1-2H3,(H2,20,21,23). The number of nitrogens with one attached hydrogen (secondary N) is 2. The fourth-order valence-electron chi connectivity index (χ4n) is 2.07. The predicted molar refractivity (Wildman–Crippen MR) is 96.2 cm³/mol. The van der Waals surface area contributed by atoms with Gasteiger partial charge in [-0.15, -0.1) is 0 Å². The van der Waals surface area contributed by atoms with Gasteiger partial charge in [0.15, 0.2) is 0 Å². The summed E-state index contributed by atoms with van der Waals surface area (Å²) in [6.07, 6.45) is 0. The van der Waals surface area contributed by atoms with Crippen molar-refractivity contribution < 1.29 is 4.79 Å². The van der Waals surface area contributed by atoms with E-state index >= 15 is 0 Å². The van der Waals surface area contributed by atoms with Crippen molar-refractivity contribution in [2.24, 2.45) is 0 Å². The molecule has 6 heteroatoms. The van der Waals surface area contributed by atoms with Crippen LogP contribution in [0.1, 0.15) is 11.1 Å². The number of hydrogen-bond acceptors (Lipinski definition) is 2. The first kappa shape index (κ1) is 17.6. The highest BCUT2D eigenvalue weighted by molar-refractivity contribution is 6.35. The topological polar surface area (TPSA) is 44.4 Å². The lowest BCUT2D eigenvalue weighted by Gasteiger charge is -2.11. The Bertz CT molecular complexity index is 672. The molecule has 0 aromatic heterocycles. The fourth-order valence-corrected chi connectivity index (χ4v) is 2.41. The molecule has 0 bridgehead atoms. The molecule has 2 N–H and O–H groups in total. The summed E-state index contributed by atoms with van der Waals surface area (Å²) in [6.45, 7) is 1.33. The quantitative estimate of drug-likeness (QED) is 0.839. The molecule has 23 heavy (non-hydrogen) atoms. The van der Waals surface area contributed by atoms with Crippen LogP contribution in [-0.4, -0.2) is 25.0 Å². The van der Waals surface area contributed by atoms with Gasteiger partial charge in [-0.3, -0.25) is 0 Å². The lowest BCUT2D eigenvalue weighted by Crippen LogP contribution is -2.28. The first-order valence-electron chi connectivity index (χ1n) is 7.16. The van der Waals surface area contributed by atoms with Crippen LogP contribution in [0.3, 0.4) is 0 Å². The number of urea groups is 1. The molecule has 0 aliphatic carbocycles. The van der Waals surface area contributed by atoms with Crippen molar-refractivity contribution in [3.8, 4) is 0 Å². The molecule has 4 nitrogen and oxygen atoms in total. The molecule has 0 spiro atoms. The smallest absolute Gasteiger partial charge is 0.319 e. The number of anilines is 1. The highest BCUT2D eigenvalue weighted by Crippen LogP contribution is 2.25. The summed E-state index contributed by atoms with van der Waals surface area (Å²) in [7, 11) is 4.06. The third-order valence-corrected chi connectivity index (χ3v) is 3.72. The van der Waals surface area contributed by atoms with Gasteiger partial charge in [0.2, 0.25) is 0 Å². The molecule has 0 saturated carbocycles. The van der Waals surface area contributed by atoms with Gasteiger partial charge in [-0.1, -0.05) is 47.5 Å². The molecular formula is C17H19Cl2N3O. The van der Waals surface area contributed by atoms with Crippen molar-refractivity contribution >= 4 is 34.9 Å². The van der Waals surface area contributed by atoms with Gasteiger partial charge < -0.3 is 15.5 Å². The van der Waals surface area contributed by atoms with Crippen molar-refractivity contribution in [1.82, 2.24) is 10.2 Å². The van der Waals surface area contributed by atoms with E-state index in [9.17, 15) is 4.79 Å². The highest BCUT2D eigenvalue weighted by Gasteiger charge is 2.06. The van der Waals surface area contributed by atoms with E-state index in [0.717, 1.165) is 12.1 Å². The van der Waals surface area contributed by atoms with Crippen LogP contribution in [0.2, 0.25) is 10.0 Å². The monoisotopic (exact) mass is 351 g/mol. The average molecular weight is 352 g/mol. The Morgan fingerprint density at radius 2 is 1.70 bits per heavy atom. The van der Waals surface area contributed by atoms with E-state index in [-0.39, 0.29) is 6.03 Å². The summed E-state index contributed by atoms with van der Waals surface area (Å²) in [5.41, 5.74) is 2.74. The minimum absolute atomic E-state index is 0.327. The summed E-state index contributed by atoms with van der Waals surface area (Å²) in [4.78, 5) is 14.0. The van der Waals surface area contributed by atoms with Crippen molar-refractivity contribution in [1.29, 1.82) is 0 Å². The van der Waals surface area contributed by atoms with E-state index in [1.54, 1.807) is 18.2 Å². The van der Waals surface area contributed by atoms with Crippen LogP contribution in [0.5, 0.6) is 0 Å². The molecule has 0 atom stereocenters. The normalized spacial score (nSPS) is 10.7. The van der Waals surface area contributed by atoms with Crippen LogP contribution in [0.25, 0.3) is 0 Å². The summed E-state index contributed by atoms with van der Waals surface area (Å²) in [5, 5.41) is 6.44. The average Bonchev–Trinajstić information content (AvgIpc) is 2.50. The zero-order chi connectivity index (χ0) is 16.8. The number of halogens is 2. The van der Waals surface area contributed by atoms with Crippen LogP contribution in [-0.2, 0) is 13.1 Å². The number of nitrogens with zero attached hydrogens (tertiary/aromatic N) is 1. The molecular weight excluding hydrogens is 333 g/mol. The molecule has 122 valence electrons. The lowest BCUT2D eigenvalue weighted by molar-refractivity contribution is 0.251. The summed E-state index contributed by atoms with van der Waals surface area (Å²) >= 11 is 11.9. The first-order valence-corrected chi connectivity index (χ1v) is 7.92. The maximum absolute atomic E-state index is 11.9. The Morgan fingerprint density at radius 3 is 2.35 bits per heavy atom. The summed E-state index contributed by atoms with van der Waals surface area (Å²) < 4.78 is 0. The maximum atomic E-state index is 11.9. The minimum atomic E-state index is -0.327. The van der Waals surface area contributed by atoms with E-state index in [2.05, 4.69) is 27.7 Å². The second kappa shape index (κ2) is 8.20. The number of carbonyl (C=O) groups excluding carboxylic acids is 1. The van der Waals surface area contributed by atoms with E-state index in [1.165, 1.54) is 5.56 Å². The second-order valence-electron chi connectivity index (χ2n) is 5.49. The molecule has 0 heterocycles. The Kier molecular flexibility index (Phi) is 6.28. The molecule has 2 rings (SSSR count). The number of hydrogen-bond donors (Lipinski definition) is 2. The third kappa shape index (κ3) is 5.75. The van der Waals surface area contributed by atoms with Crippen LogP contribution < -0.4 is 10.6 Å². The molecule has 0 radical (unpaired) electrons. The van der Waals surface area contributed by atoms with Crippen LogP contribution >= 0.6 is 23.2 Å². The van der Waals surface area contributed by atoms with E-state index in [4.69, 9.17) is 23.2 Å². The molecule has 0 aliphatic heterocycles. The van der Waals surface area contributed by atoms with Crippen molar-refractivity contribution in [3.63, 3.8) is 0 Å². The van der Waals surface area contributed by atoms with Gasteiger partial charge in [0, 0.05) is 18.1 Å².